The first kappa shape index (κ1) is 14.4. The van der Waals surface area contributed by atoms with Gasteiger partial charge < -0.3 is 4.52 Å². The Kier molecular flexibility index (Phi) is 3.94. The van der Waals surface area contributed by atoms with Crippen molar-refractivity contribution in [1.82, 2.24) is 5.16 Å². The molecule has 0 saturated carbocycles. The highest BCUT2D eigenvalue weighted by Gasteiger charge is 2.11. The monoisotopic (exact) mass is 312 g/mol. The van der Waals surface area contributed by atoms with E-state index < -0.39 is 0 Å². The molecule has 1 amide bonds. The van der Waals surface area contributed by atoms with Crippen molar-refractivity contribution < 1.29 is 9.32 Å². The maximum absolute atomic E-state index is 12.1. The SMILES string of the molecule is Cc1ccc(-c2cc(NC(=O)c3ccc(Cl)cc3)on2)cc1. The fraction of sp³-hybridized carbons (Fsp3) is 0.0588. The Labute approximate surface area is 132 Å². The van der Waals surface area contributed by atoms with E-state index in [4.69, 9.17) is 16.1 Å². The van der Waals surface area contributed by atoms with Crippen LogP contribution >= 0.6 is 11.6 Å². The van der Waals surface area contributed by atoms with Gasteiger partial charge in [0.1, 0.15) is 5.69 Å². The Balaban J connectivity index is 1.75. The van der Waals surface area contributed by atoms with E-state index in [1.54, 1.807) is 30.3 Å². The molecule has 0 bridgehead atoms. The topological polar surface area (TPSA) is 55.1 Å². The molecule has 0 spiro atoms. The number of amides is 1. The van der Waals surface area contributed by atoms with Gasteiger partial charge in [-0.05, 0) is 31.2 Å². The number of aryl methyl sites for hydroxylation is 1. The predicted molar refractivity (Wildman–Crippen MR) is 86.1 cm³/mol. The van der Waals surface area contributed by atoms with Gasteiger partial charge in [0.05, 0.1) is 0 Å². The number of halogens is 1. The molecule has 1 N–H and O–H groups in total. The van der Waals surface area contributed by atoms with Crippen molar-refractivity contribution >= 4 is 23.4 Å². The standard InChI is InChI=1S/C17H13ClN2O2/c1-11-2-4-12(5-3-11)15-10-16(22-20-15)19-17(21)13-6-8-14(18)9-7-13/h2-10H,1H3,(H,19,21). The lowest BCUT2D eigenvalue weighted by Gasteiger charge is -2.00. The number of hydrogen-bond donors (Lipinski definition) is 1. The van der Waals surface area contributed by atoms with E-state index in [0.717, 1.165) is 5.56 Å². The second-order valence-corrected chi connectivity index (χ2v) is 5.34. The number of nitrogens with one attached hydrogen (secondary N) is 1. The van der Waals surface area contributed by atoms with Gasteiger partial charge in [0.25, 0.3) is 5.91 Å². The molecular formula is C17H13ClN2O2. The average Bonchev–Trinajstić information content (AvgIpc) is 2.97. The van der Waals surface area contributed by atoms with Crippen LogP contribution in [-0.4, -0.2) is 11.1 Å². The van der Waals surface area contributed by atoms with E-state index in [1.165, 1.54) is 5.56 Å². The van der Waals surface area contributed by atoms with Gasteiger partial charge in [-0.25, -0.2) is 0 Å². The number of aromatic nitrogens is 1. The fourth-order valence-electron chi connectivity index (χ4n) is 1.98. The zero-order valence-electron chi connectivity index (χ0n) is 11.8. The number of anilines is 1. The minimum absolute atomic E-state index is 0.275. The van der Waals surface area contributed by atoms with Gasteiger partial charge in [0, 0.05) is 22.2 Å². The van der Waals surface area contributed by atoms with Gasteiger partial charge in [0.2, 0.25) is 5.88 Å². The average molecular weight is 313 g/mol. The van der Waals surface area contributed by atoms with Crippen LogP contribution in [0.25, 0.3) is 11.3 Å². The lowest BCUT2D eigenvalue weighted by Crippen LogP contribution is -2.10. The Morgan fingerprint density at radius 3 is 2.45 bits per heavy atom. The summed E-state index contributed by atoms with van der Waals surface area (Å²) < 4.78 is 5.16. The Morgan fingerprint density at radius 1 is 1.09 bits per heavy atom. The highest BCUT2D eigenvalue weighted by atomic mass is 35.5. The number of carbonyl (C=O) groups excluding carboxylic acids is 1. The number of rotatable bonds is 3. The molecule has 1 aromatic heterocycles. The summed E-state index contributed by atoms with van der Waals surface area (Å²) in [6.07, 6.45) is 0. The first-order valence-corrected chi connectivity index (χ1v) is 7.10. The normalized spacial score (nSPS) is 10.5. The molecule has 3 rings (SSSR count). The molecule has 4 nitrogen and oxygen atoms in total. The van der Waals surface area contributed by atoms with Crippen LogP contribution < -0.4 is 5.32 Å². The van der Waals surface area contributed by atoms with E-state index in [0.29, 0.717) is 22.2 Å². The minimum atomic E-state index is -0.275. The largest absolute Gasteiger partial charge is 0.338 e. The third-order valence-corrected chi connectivity index (χ3v) is 3.45. The van der Waals surface area contributed by atoms with Crippen molar-refractivity contribution in [2.75, 3.05) is 5.32 Å². The van der Waals surface area contributed by atoms with Gasteiger partial charge >= 0.3 is 0 Å². The van der Waals surface area contributed by atoms with Crippen molar-refractivity contribution in [3.05, 3.63) is 70.7 Å². The van der Waals surface area contributed by atoms with Crippen LogP contribution in [0.3, 0.4) is 0 Å². The van der Waals surface area contributed by atoms with Crippen molar-refractivity contribution in [3.8, 4) is 11.3 Å². The number of hydrogen-bond acceptors (Lipinski definition) is 3. The molecular weight excluding hydrogens is 300 g/mol. The van der Waals surface area contributed by atoms with Crippen molar-refractivity contribution in [2.24, 2.45) is 0 Å². The molecule has 0 aliphatic rings. The van der Waals surface area contributed by atoms with Crippen LogP contribution in [0.2, 0.25) is 5.02 Å². The van der Waals surface area contributed by atoms with Crippen LogP contribution in [0.4, 0.5) is 5.88 Å². The lowest BCUT2D eigenvalue weighted by molar-refractivity contribution is 0.102. The van der Waals surface area contributed by atoms with E-state index in [-0.39, 0.29) is 5.91 Å². The molecule has 2 aromatic carbocycles. The van der Waals surface area contributed by atoms with Gasteiger partial charge in [0.15, 0.2) is 0 Å². The molecule has 0 fully saturated rings. The molecule has 22 heavy (non-hydrogen) atoms. The lowest BCUT2D eigenvalue weighted by atomic mass is 10.1. The number of carbonyl (C=O) groups is 1. The summed E-state index contributed by atoms with van der Waals surface area (Å²) in [5.41, 5.74) is 3.27. The Hall–Kier alpha value is -2.59. The number of nitrogens with zero attached hydrogens (tertiary/aromatic N) is 1. The van der Waals surface area contributed by atoms with Crippen molar-refractivity contribution in [3.63, 3.8) is 0 Å². The quantitative estimate of drug-likeness (QED) is 0.771. The van der Waals surface area contributed by atoms with Crippen LogP contribution in [0.1, 0.15) is 15.9 Å². The second-order valence-electron chi connectivity index (χ2n) is 4.90. The zero-order chi connectivity index (χ0) is 15.5. The van der Waals surface area contributed by atoms with Gasteiger partial charge in [-0.3, -0.25) is 10.1 Å². The summed E-state index contributed by atoms with van der Waals surface area (Å²) in [4.78, 5) is 12.1. The summed E-state index contributed by atoms with van der Waals surface area (Å²) in [5.74, 6) is 0.0267. The van der Waals surface area contributed by atoms with Crippen molar-refractivity contribution in [1.29, 1.82) is 0 Å². The molecule has 0 saturated heterocycles. The Bertz CT molecular complexity index is 792. The summed E-state index contributed by atoms with van der Waals surface area (Å²) >= 11 is 5.80. The highest BCUT2D eigenvalue weighted by Crippen LogP contribution is 2.22. The summed E-state index contributed by atoms with van der Waals surface area (Å²) in [5, 5.41) is 7.22. The maximum atomic E-state index is 12.1. The third-order valence-electron chi connectivity index (χ3n) is 3.20. The summed E-state index contributed by atoms with van der Waals surface area (Å²) in [6, 6.07) is 16.2. The van der Waals surface area contributed by atoms with Crippen LogP contribution in [0, 0.1) is 6.92 Å². The van der Waals surface area contributed by atoms with E-state index >= 15 is 0 Å². The molecule has 110 valence electrons. The van der Waals surface area contributed by atoms with E-state index in [9.17, 15) is 4.79 Å². The molecule has 1 heterocycles. The molecule has 0 atom stereocenters. The van der Waals surface area contributed by atoms with Crippen LogP contribution in [0.5, 0.6) is 0 Å². The van der Waals surface area contributed by atoms with Crippen molar-refractivity contribution in [2.45, 2.75) is 6.92 Å². The minimum Gasteiger partial charge on any atom is -0.338 e. The number of benzene rings is 2. The van der Waals surface area contributed by atoms with Gasteiger partial charge in [-0.2, -0.15) is 0 Å². The molecule has 0 unspecified atom stereocenters. The van der Waals surface area contributed by atoms with E-state index in [1.807, 2.05) is 31.2 Å². The summed E-state index contributed by atoms with van der Waals surface area (Å²) in [7, 11) is 0. The first-order chi connectivity index (χ1) is 10.6. The van der Waals surface area contributed by atoms with Crippen LogP contribution in [-0.2, 0) is 0 Å². The first-order valence-electron chi connectivity index (χ1n) is 6.72. The third kappa shape index (κ3) is 3.18. The molecule has 0 aliphatic heterocycles. The van der Waals surface area contributed by atoms with E-state index in [2.05, 4.69) is 10.5 Å². The molecule has 3 aromatic rings. The Morgan fingerprint density at radius 2 is 1.77 bits per heavy atom. The van der Waals surface area contributed by atoms with Gasteiger partial charge in [-0.1, -0.05) is 46.6 Å². The molecule has 0 aliphatic carbocycles. The predicted octanol–water partition coefficient (Wildman–Crippen LogP) is 4.56. The molecule has 5 heteroatoms. The summed E-state index contributed by atoms with van der Waals surface area (Å²) in [6.45, 7) is 2.02. The zero-order valence-corrected chi connectivity index (χ0v) is 12.6. The highest BCUT2D eigenvalue weighted by molar-refractivity contribution is 6.30. The smallest absolute Gasteiger partial charge is 0.258 e. The second kappa shape index (κ2) is 6.03. The van der Waals surface area contributed by atoms with Gasteiger partial charge in [-0.15, -0.1) is 0 Å². The molecule has 0 radical (unpaired) electrons. The van der Waals surface area contributed by atoms with Crippen LogP contribution in [0.15, 0.2) is 59.1 Å². The maximum Gasteiger partial charge on any atom is 0.258 e. The fourth-order valence-corrected chi connectivity index (χ4v) is 2.11.